The van der Waals surface area contributed by atoms with Gasteiger partial charge in [0.1, 0.15) is 6.04 Å². The monoisotopic (exact) mass is 269 g/mol. The van der Waals surface area contributed by atoms with E-state index in [2.05, 4.69) is 20.6 Å². The highest BCUT2D eigenvalue weighted by Gasteiger charge is 2.20. The van der Waals surface area contributed by atoms with Crippen molar-refractivity contribution in [2.45, 2.75) is 18.9 Å². The summed E-state index contributed by atoms with van der Waals surface area (Å²) < 4.78 is 0. The molecule has 1 aromatic heterocycles. The van der Waals surface area contributed by atoms with Crippen molar-refractivity contribution < 1.29 is 19.5 Å². The van der Waals surface area contributed by atoms with E-state index in [1.54, 1.807) is 0 Å². The Kier molecular flexibility index (Phi) is 5.33. The number of carboxylic acids is 1. The molecule has 0 aliphatic rings. The third-order valence-corrected chi connectivity index (χ3v) is 2.24. The quantitative estimate of drug-likeness (QED) is 0.411. The number of carbonyl (C=O) groups is 3. The zero-order chi connectivity index (χ0) is 14.3. The average molecular weight is 269 g/mol. The molecule has 0 radical (unpaired) electrons. The molecule has 0 saturated carbocycles. The molecule has 0 bridgehead atoms. The van der Waals surface area contributed by atoms with Gasteiger partial charge in [0.05, 0.1) is 6.33 Å². The Morgan fingerprint density at radius 3 is 2.74 bits per heavy atom. The largest absolute Gasteiger partial charge is 0.480 e. The predicted octanol–water partition coefficient (Wildman–Crippen LogP) is -1.42. The summed E-state index contributed by atoms with van der Waals surface area (Å²) in [5.41, 5.74) is 5.49. The predicted molar refractivity (Wildman–Crippen MR) is 64.1 cm³/mol. The van der Waals surface area contributed by atoms with Crippen molar-refractivity contribution in [2.24, 2.45) is 5.73 Å². The molecule has 3 amide bonds. The Labute approximate surface area is 108 Å². The lowest BCUT2D eigenvalue weighted by molar-refractivity contribution is -0.139. The molecule has 9 nitrogen and oxygen atoms in total. The molecule has 1 aromatic rings. The van der Waals surface area contributed by atoms with Gasteiger partial charge in [0.2, 0.25) is 5.91 Å². The molecule has 6 N–H and O–H groups in total. The lowest BCUT2D eigenvalue weighted by Gasteiger charge is -2.14. The summed E-state index contributed by atoms with van der Waals surface area (Å²) in [5.74, 6) is -1.72. The summed E-state index contributed by atoms with van der Waals surface area (Å²) in [4.78, 5) is 39.4. The molecule has 0 aliphatic heterocycles. The minimum Gasteiger partial charge on any atom is -0.480 e. The van der Waals surface area contributed by atoms with Crippen molar-refractivity contribution in [3.05, 3.63) is 18.2 Å². The van der Waals surface area contributed by atoms with E-state index in [1.165, 1.54) is 12.5 Å². The van der Waals surface area contributed by atoms with Gasteiger partial charge in [0, 0.05) is 31.3 Å². The van der Waals surface area contributed by atoms with Crippen LogP contribution in [0.25, 0.3) is 0 Å². The van der Waals surface area contributed by atoms with Crippen LogP contribution in [-0.2, 0) is 16.0 Å². The Morgan fingerprint density at radius 2 is 2.21 bits per heavy atom. The summed E-state index contributed by atoms with van der Waals surface area (Å²) >= 11 is 0. The number of H-pyrrole nitrogens is 1. The lowest BCUT2D eigenvalue weighted by atomic mass is 10.2. The van der Waals surface area contributed by atoms with E-state index in [1.807, 2.05) is 0 Å². The number of primary amides is 1. The van der Waals surface area contributed by atoms with Crippen LogP contribution in [-0.4, -0.2) is 45.6 Å². The van der Waals surface area contributed by atoms with E-state index in [4.69, 9.17) is 10.8 Å². The second kappa shape index (κ2) is 6.99. The number of nitrogens with one attached hydrogen (secondary N) is 3. The van der Waals surface area contributed by atoms with Crippen LogP contribution in [0.5, 0.6) is 0 Å². The van der Waals surface area contributed by atoms with E-state index >= 15 is 0 Å². The lowest BCUT2D eigenvalue weighted by Crippen LogP contribution is -2.47. The van der Waals surface area contributed by atoms with Crippen molar-refractivity contribution in [2.75, 3.05) is 6.54 Å². The Hall–Kier alpha value is -2.58. The number of amides is 3. The molecule has 0 saturated heterocycles. The van der Waals surface area contributed by atoms with Gasteiger partial charge in [-0.1, -0.05) is 0 Å². The first-order valence-electron chi connectivity index (χ1n) is 5.51. The molecule has 0 spiro atoms. The van der Waals surface area contributed by atoms with Gasteiger partial charge in [-0.2, -0.15) is 0 Å². The van der Waals surface area contributed by atoms with Crippen molar-refractivity contribution in [1.82, 2.24) is 20.6 Å². The number of hydrogen-bond donors (Lipinski definition) is 5. The van der Waals surface area contributed by atoms with Crippen molar-refractivity contribution in [3.8, 4) is 0 Å². The fraction of sp³-hybridized carbons (Fsp3) is 0.400. The molecule has 104 valence electrons. The second-order valence-electron chi connectivity index (χ2n) is 3.79. The van der Waals surface area contributed by atoms with Gasteiger partial charge in [-0.3, -0.25) is 4.79 Å². The van der Waals surface area contributed by atoms with E-state index < -0.39 is 23.9 Å². The number of aliphatic carboxylic acids is 1. The smallest absolute Gasteiger partial charge is 0.326 e. The maximum atomic E-state index is 11.4. The van der Waals surface area contributed by atoms with Crippen LogP contribution in [0.15, 0.2) is 12.5 Å². The first-order chi connectivity index (χ1) is 8.99. The number of hydrogen-bond acceptors (Lipinski definition) is 4. The van der Waals surface area contributed by atoms with E-state index in [-0.39, 0.29) is 19.4 Å². The second-order valence-corrected chi connectivity index (χ2v) is 3.79. The first-order valence-corrected chi connectivity index (χ1v) is 5.51. The highest BCUT2D eigenvalue weighted by molar-refractivity contribution is 5.83. The van der Waals surface area contributed by atoms with E-state index in [0.717, 1.165) is 0 Å². The molecule has 1 atom stereocenters. The number of nitrogens with two attached hydrogens (primary N) is 1. The molecule has 1 unspecified atom stereocenters. The third-order valence-electron chi connectivity index (χ3n) is 2.24. The molecule has 1 heterocycles. The molecule has 19 heavy (non-hydrogen) atoms. The Balaban J connectivity index is 2.42. The molecule has 9 heteroatoms. The molecule has 1 rings (SSSR count). The maximum absolute atomic E-state index is 11.4. The van der Waals surface area contributed by atoms with Crippen molar-refractivity contribution >= 4 is 17.9 Å². The van der Waals surface area contributed by atoms with Gasteiger partial charge in [0.25, 0.3) is 0 Å². The molecule has 0 aliphatic carbocycles. The molecular weight excluding hydrogens is 254 g/mol. The Morgan fingerprint density at radius 1 is 1.47 bits per heavy atom. The van der Waals surface area contributed by atoms with Gasteiger partial charge in [-0.25, -0.2) is 14.6 Å². The number of carbonyl (C=O) groups excluding carboxylic acids is 2. The van der Waals surface area contributed by atoms with Crippen LogP contribution in [0, 0.1) is 0 Å². The highest BCUT2D eigenvalue weighted by atomic mass is 16.4. The van der Waals surface area contributed by atoms with Crippen LogP contribution in [0.4, 0.5) is 4.79 Å². The minimum atomic E-state index is -1.17. The van der Waals surface area contributed by atoms with Crippen LogP contribution in [0.2, 0.25) is 0 Å². The number of aromatic amines is 1. The SMILES string of the molecule is NC(=O)CCNC(=O)NC(Cc1cnc[nH]1)C(=O)O. The number of imidazole rings is 1. The van der Waals surface area contributed by atoms with Crippen LogP contribution in [0.1, 0.15) is 12.1 Å². The summed E-state index contributed by atoms with van der Waals surface area (Å²) in [6.07, 6.45) is 2.97. The zero-order valence-electron chi connectivity index (χ0n) is 10.0. The highest BCUT2D eigenvalue weighted by Crippen LogP contribution is 1.98. The standard InChI is InChI=1S/C10H15N5O4/c11-8(16)1-2-13-10(19)15-7(9(17)18)3-6-4-12-5-14-6/h4-5,7H,1-3H2,(H2,11,16)(H,12,14)(H,17,18)(H2,13,15,19). The first kappa shape index (κ1) is 14.5. The number of rotatable bonds is 7. The number of urea groups is 1. The van der Waals surface area contributed by atoms with Crippen molar-refractivity contribution in [3.63, 3.8) is 0 Å². The normalized spacial score (nSPS) is 11.6. The zero-order valence-corrected chi connectivity index (χ0v) is 10.0. The molecule has 0 aromatic carbocycles. The van der Waals surface area contributed by atoms with Gasteiger partial charge < -0.3 is 26.5 Å². The summed E-state index contributed by atoms with van der Waals surface area (Å²) in [7, 11) is 0. The third kappa shape index (κ3) is 5.52. The van der Waals surface area contributed by atoms with Gasteiger partial charge in [0.15, 0.2) is 0 Å². The summed E-state index contributed by atoms with van der Waals surface area (Å²) in [5, 5.41) is 13.6. The Bertz CT molecular complexity index is 445. The van der Waals surface area contributed by atoms with Gasteiger partial charge in [-0.15, -0.1) is 0 Å². The number of nitrogens with zero attached hydrogens (tertiary/aromatic N) is 1. The minimum absolute atomic E-state index is 0.00823. The molecule has 0 fully saturated rings. The van der Waals surface area contributed by atoms with Gasteiger partial charge in [-0.05, 0) is 0 Å². The molecular formula is C10H15N5O4. The summed E-state index contributed by atoms with van der Waals surface area (Å²) in [6.45, 7) is 0.0531. The van der Waals surface area contributed by atoms with Gasteiger partial charge >= 0.3 is 12.0 Å². The fourth-order valence-corrected chi connectivity index (χ4v) is 1.32. The maximum Gasteiger partial charge on any atom is 0.326 e. The topological polar surface area (TPSA) is 150 Å². The van der Waals surface area contributed by atoms with Crippen LogP contribution < -0.4 is 16.4 Å². The van der Waals surface area contributed by atoms with Crippen LogP contribution in [0.3, 0.4) is 0 Å². The average Bonchev–Trinajstić information content (AvgIpc) is 2.80. The number of aromatic nitrogens is 2. The van der Waals surface area contributed by atoms with E-state index in [0.29, 0.717) is 5.69 Å². The van der Waals surface area contributed by atoms with Crippen molar-refractivity contribution in [1.29, 1.82) is 0 Å². The summed E-state index contributed by atoms with van der Waals surface area (Å²) in [6, 6.07) is -1.76. The number of carboxylic acid groups (broad SMARTS) is 1. The fourth-order valence-electron chi connectivity index (χ4n) is 1.32. The van der Waals surface area contributed by atoms with Crippen LogP contribution >= 0.6 is 0 Å². The van der Waals surface area contributed by atoms with E-state index in [9.17, 15) is 14.4 Å².